The van der Waals surface area contributed by atoms with Crippen molar-refractivity contribution in [3.8, 4) is 5.88 Å². The molecule has 0 amide bonds. The Labute approximate surface area is 272 Å². The van der Waals surface area contributed by atoms with E-state index in [9.17, 15) is 31.2 Å². The van der Waals surface area contributed by atoms with Gasteiger partial charge in [0, 0.05) is 34.0 Å². The summed E-state index contributed by atoms with van der Waals surface area (Å²) in [6.07, 6.45) is 0. The van der Waals surface area contributed by atoms with Crippen LogP contribution < -0.4 is 9.78 Å². The first-order valence-corrected chi connectivity index (χ1v) is 15.5. The van der Waals surface area contributed by atoms with Crippen molar-refractivity contribution < 1.29 is 64.0 Å². The average Bonchev–Trinajstić information content (AvgIpc) is 3.55. The molecule has 2 aromatic rings. The number of carbonyl (C=O) groups is 2. The topological polar surface area (TPSA) is 191 Å². The zero-order valence-corrected chi connectivity index (χ0v) is 29.1. The summed E-state index contributed by atoms with van der Waals surface area (Å²) in [6, 6.07) is 2.17. The quantitative estimate of drug-likeness (QED) is 0.191. The first-order valence-electron chi connectivity index (χ1n) is 14.1. The van der Waals surface area contributed by atoms with Gasteiger partial charge in [-0.3, -0.25) is 19.0 Å². The summed E-state index contributed by atoms with van der Waals surface area (Å²) in [4.78, 5) is 21.8. The molecular weight excluding hydrogens is 654 g/mol. The summed E-state index contributed by atoms with van der Waals surface area (Å²) in [6.45, 7) is 18.8. The second-order valence-corrected chi connectivity index (χ2v) is 14.3. The molecule has 2 N–H and O–H groups in total. The van der Waals surface area contributed by atoms with Gasteiger partial charge in [0.15, 0.2) is 11.6 Å². The third kappa shape index (κ3) is 9.24. The number of nitrogens with zero attached hydrogens (tertiary/aromatic N) is 4. The molecule has 0 aliphatic carbocycles. The SMILES string of the molecule is CC(=O)c1cc(B(O)O)nn1C.CC(=O)c1cc(OS(=O)(=O)C(F)(F)F)nn1C.CC1(C)OB(B2OC(C)(C)C(C)(C)O2)OC1(C)C. The van der Waals surface area contributed by atoms with Crippen molar-refractivity contribution in [1.82, 2.24) is 19.6 Å². The van der Waals surface area contributed by atoms with E-state index < -0.39 is 48.4 Å². The smallest absolute Gasteiger partial charge is 0.422 e. The van der Waals surface area contributed by atoms with Gasteiger partial charge in [0.05, 0.1) is 28.0 Å². The third-order valence-corrected chi connectivity index (χ3v) is 8.94. The Morgan fingerprint density at radius 3 is 1.38 bits per heavy atom. The van der Waals surface area contributed by atoms with Crippen LogP contribution >= 0.6 is 0 Å². The van der Waals surface area contributed by atoms with Gasteiger partial charge in [-0.1, -0.05) is 0 Å². The third-order valence-electron chi connectivity index (χ3n) is 7.99. The van der Waals surface area contributed by atoms with E-state index in [4.69, 9.17) is 28.7 Å². The molecule has 0 atom stereocenters. The number of alkyl halides is 3. The number of aromatic nitrogens is 4. The van der Waals surface area contributed by atoms with E-state index in [1.807, 2.05) is 55.4 Å². The van der Waals surface area contributed by atoms with Gasteiger partial charge in [0.1, 0.15) is 11.4 Å². The average molecular weight is 694 g/mol. The fourth-order valence-corrected chi connectivity index (χ4v) is 4.32. The van der Waals surface area contributed by atoms with E-state index in [2.05, 4.69) is 14.4 Å². The lowest BCUT2D eigenvalue weighted by molar-refractivity contribution is -0.0501. The molecule has 262 valence electrons. The number of aryl methyl sites for hydroxylation is 2. The Hall–Kier alpha value is -2.75. The zero-order chi connectivity index (χ0) is 36.7. The molecule has 2 aliphatic rings. The van der Waals surface area contributed by atoms with Gasteiger partial charge in [-0.25, -0.2) is 0 Å². The Kier molecular flexibility index (Phi) is 11.7. The number of rotatable bonds is 6. The molecular formula is C25H40B3F3N4O11S. The van der Waals surface area contributed by atoms with Gasteiger partial charge in [0.2, 0.25) is 0 Å². The molecule has 2 aliphatic heterocycles. The fourth-order valence-electron chi connectivity index (χ4n) is 3.92. The molecule has 2 fully saturated rings. The van der Waals surface area contributed by atoms with Crippen LogP contribution in [0.5, 0.6) is 5.88 Å². The molecule has 47 heavy (non-hydrogen) atoms. The van der Waals surface area contributed by atoms with Gasteiger partial charge in [-0.05, 0) is 61.5 Å². The lowest BCUT2D eigenvalue weighted by atomic mass is 9.49. The minimum atomic E-state index is -5.77. The van der Waals surface area contributed by atoms with Crippen LogP contribution in [0.15, 0.2) is 12.1 Å². The molecule has 0 saturated carbocycles. The molecule has 0 spiro atoms. The molecule has 4 rings (SSSR count). The first kappa shape index (κ1) is 40.4. The molecule has 15 nitrogen and oxygen atoms in total. The minimum absolute atomic E-state index is 0.0719. The van der Waals surface area contributed by atoms with Crippen molar-refractivity contribution >= 4 is 48.4 Å². The van der Waals surface area contributed by atoms with Crippen LogP contribution in [0.4, 0.5) is 13.2 Å². The molecule has 4 heterocycles. The highest BCUT2D eigenvalue weighted by atomic mass is 32.2. The van der Waals surface area contributed by atoms with Crippen molar-refractivity contribution in [2.24, 2.45) is 14.1 Å². The van der Waals surface area contributed by atoms with Crippen molar-refractivity contribution in [3.05, 3.63) is 23.5 Å². The summed E-state index contributed by atoms with van der Waals surface area (Å²) in [5, 5.41) is 24.5. The summed E-state index contributed by atoms with van der Waals surface area (Å²) in [5.41, 5.74) is -6.61. The van der Waals surface area contributed by atoms with Crippen LogP contribution in [-0.4, -0.2) is 98.6 Å². The maximum atomic E-state index is 12.0. The molecule has 0 radical (unpaired) electrons. The maximum Gasteiger partial charge on any atom is 0.534 e. The van der Waals surface area contributed by atoms with Crippen LogP contribution in [0.1, 0.15) is 90.2 Å². The van der Waals surface area contributed by atoms with Gasteiger partial charge in [-0.2, -0.15) is 26.7 Å². The van der Waals surface area contributed by atoms with E-state index in [-0.39, 0.29) is 39.5 Å². The zero-order valence-electron chi connectivity index (χ0n) is 28.3. The van der Waals surface area contributed by atoms with E-state index in [1.54, 1.807) is 7.05 Å². The van der Waals surface area contributed by atoms with Crippen molar-refractivity contribution in [3.63, 3.8) is 0 Å². The van der Waals surface area contributed by atoms with E-state index >= 15 is 0 Å². The molecule has 2 saturated heterocycles. The van der Waals surface area contributed by atoms with E-state index in [0.29, 0.717) is 5.69 Å². The maximum absolute atomic E-state index is 12.0. The number of ketones is 2. The Balaban J connectivity index is 0.000000250. The van der Waals surface area contributed by atoms with Crippen LogP contribution in [0.2, 0.25) is 0 Å². The number of carbonyl (C=O) groups excluding carboxylic acids is 2. The van der Waals surface area contributed by atoms with Crippen LogP contribution in [0.3, 0.4) is 0 Å². The number of hydrogen-bond acceptors (Lipinski definition) is 13. The van der Waals surface area contributed by atoms with Crippen LogP contribution in [-0.2, 0) is 42.8 Å². The van der Waals surface area contributed by atoms with Crippen molar-refractivity contribution in [2.45, 2.75) is 97.1 Å². The fraction of sp³-hybridized carbons (Fsp3) is 0.680. The monoisotopic (exact) mass is 694 g/mol. The summed E-state index contributed by atoms with van der Waals surface area (Å²) in [7, 11) is -5.50. The number of hydrogen-bond donors (Lipinski definition) is 2. The molecule has 0 aromatic carbocycles. The predicted molar refractivity (Wildman–Crippen MR) is 164 cm³/mol. The van der Waals surface area contributed by atoms with Crippen LogP contribution in [0, 0.1) is 0 Å². The normalized spacial score (nSPS) is 19.3. The lowest BCUT2D eigenvalue weighted by Crippen LogP contribution is -2.41. The number of Topliss-reactive ketones (excluding diaryl/α,β-unsaturated/α-hetero) is 2. The number of halogens is 3. The highest BCUT2D eigenvalue weighted by molar-refractivity contribution is 7.87. The highest BCUT2D eigenvalue weighted by Gasteiger charge is 2.63. The van der Waals surface area contributed by atoms with Gasteiger partial charge in [-0.15, -0.1) is 5.10 Å². The Morgan fingerprint density at radius 2 is 1.13 bits per heavy atom. The predicted octanol–water partition coefficient (Wildman–Crippen LogP) is 1.40. The second-order valence-electron chi connectivity index (χ2n) is 12.8. The molecule has 2 aromatic heterocycles. The minimum Gasteiger partial charge on any atom is -0.422 e. The van der Waals surface area contributed by atoms with Gasteiger partial charge in [0.25, 0.3) is 5.88 Å². The van der Waals surface area contributed by atoms with Crippen LogP contribution in [0.25, 0.3) is 0 Å². The summed E-state index contributed by atoms with van der Waals surface area (Å²) in [5.74, 6) is -1.45. The molecule has 0 bridgehead atoms. The Morgan fingerprint density at radius 1 is 0.787 bits per heavy atom. The van der Waals surface area contributed by atoms with Crippen molar-refractivity contribution in [1.29, 1.82) is 0 Å². The summed E-state index contributed by atoms with van der Waals surface area (Å²) < 4.78 is 87.0. The van der Waals surface area contributed by atoms with Gasteiger partial charge < -0.3 is 32.8 Å². The lowest BCUT2D eigenvalue weighted by Gasteiger charge is -2.32. The van der Waals surface area contributed by atoms with E-state index in [0.717, 1.165) is 17.7 Å². The standard InChI is InChI=1S/C12H24B2O4.C7H7F3N2O4S.C6H9BN2O3/c1-9(2)10(3,4)16-13(15-9)14-17-11(5,6)12(7,8)18-14;1-4(13)5-3-6(11-12(5)2)16-17(14,15)7(8,9)10;1-4(10)5-3-6(7(11)12)8-9(5)2/h1-8H3;3H,1-2H3;3,11-12H,1-2H3. The molecule has 0 unspecified atom stereocenters. The molecule has 22 heteroatoms. The highest BCUT2D eigenvalue weighted by Crippen LogP contribution is 2.43. The van der Waals surface area contributed by atoms with E-state index in [1.165, 1.54) is 24.7 Å². The Bertz CT molecular complexity index is 1510. The van der Waals surface area contributed by atoms with Gasteiger partial charge >= 0.3 is 36.8 Å². The largest absolute Gasteiger partial charge is 0.534 e. The van der Waals surface area contributed by atoms with Crippen molar-refractivity contribution in [2.75, 3.05) is 0 Å². The summed E-state index contributed by atoms with van der Waals surface area (Å²) >= 11 is 0. The first-order chi connectivity index (χ1) is 20.9. The second kappa shape index (κ2) is 13.6.